The molecule has 1 aromatic carbocycles. The lowest BCUT2D eigenvalue weighted by Crippen LogP contribution is -2.31. The third-order valence-corrected chi connectivity index (χ3v) is 6.15. The van der Waals surface area contributed by atoms with Gasteiger partial charge in [0.25, 0.3) is 0 Å². The van der Waals surface area contributed by atoms with Crippen LogP contribution in [0, 0.1) is 0 Å². The minimum absolute atomic E-state index is 0.0709. The largest absolute Gasteiger partial charge is 0.493 e. The van der Waals surface area contributed by atoms with Crippen molar-refractivity contribution in [1.82, 2.24) is 19.1 Å². The van der Waals surface area contributed by atoms with Crippen molar-refractivity contribution >= 4 is 34.4 Å². The second-order valence-electron chi connectivity index (χ2n) is 7.75. The molecule has 0 radical (unpaired) electrons. The normalized spacial score (nSPS) is 21.2. The van der Waals surface area contributed by atoms with E-state index in [1.165, 1.54) is 0 Å². The molecule has 2 aliphatic rings. The monoisotopic (exact) mass is 415 g/mol. The van der Waals surface area contributed by atoms with E-state index in [1.807, 2.05) is 6.07 Å². The van der Waals surface area contributed by atoms with Gasteiger partial charge < -0.3 is 15.2 Å². The number of fused-ring (bicyclic) bond motifs is 2. The lowest BCUT2D eigenvalue weighted by molar-refractivity contribution is 0.104. The molecule has 2 N–H and O–H groups in total. The van der Waals surface area contributed by atoms with Gasteiger partial charge >= 0.3 is 5.69 Å². The fourth-order valence-electron chi connectivity index (χ4n) is 4.32. The van der Waals surface area contributed by atoms with Crippen molar-refractivity contribution in [3.8, 4) is 5.75 Å². The van der Waals surface area contributed by atoms with Crippen LogP contribution in [0.15, 0.2) is 23.1 Å². The number of rotatable bonds is 3. The average Bonchev–Trinajstić information content (AvgIpc) is 3.24. The van der Waals surface area contributed by atoms with Gasteiger partial charge in [-0.2, -0.15) is 4.98 Å². The van der Waals surface area contributed by atoms with E-state index in [9.17, 15) is 9.90 Å². The summed E-state index contributed by atoms with van der Waals surface area (Å²) >= 11 is 6.39. The molecule has 8 nitrogen and oxygen atoms in total. The van der Waals surface area contributed by atoms with E-state index in [-0.39, 0.29) is 17.8 Å². The van der Waals surface area contributed by atoms with Gasteiger partial charge in [0.05, 0.1) is 29.6 Å². The van der Waals surface area contributed by atoms with Gasteiger partial charge in [0, 0.05) is 25.6 Å². The summed E-state index contributed by atoms with van der Waals surface area (Å²) in [6.45, 7) is 0.654. The van der Waals surface area contributed by atoms with Crippen molar-refractivity contribution in [2.75, 3.05) is 11.9 Å². The zero-order valence-electron chi connectivity index (χ0n) is 16.1. The van der Waals surface area contributed by atoms with Crippen LogP contribution in [0.25, 0.3) is 11.2 Å². The summed E-state index contributed by atoms with van der Waals surface area (Å²) in [6.07, 6.45) is 5.16. The Morgan fingerprint density at radius 2 is 2.21 bits per heavy atom. The van der Waals surface area contributed by atoms with Crippen LogP contribution in [0.5, 0.6) is 5.75 Å². The predicted octanol–water partition coefficient (Wildman–Crippen LogP) is 2.94. The van der Waals surface area contributed by atoms with Gasteiger partial charge in [-0.3, -0.25) is 9.13 Å². The lowest BCUT2D eigenvalue weighted by Gasteiger charge is -2.26. The van der Waals surface area contributed by atoms with E-state index in [0.717, 1.165) is 37.0 Å². The van der Waals surface area contributed by atoms with E-state index < -0.39 is 0 Å². The molecule has 5 rings (SSSR count). The third-order valence-electron chi connectivity index (χ3n) is 5.84. The highest BCUT2D eigenvalue weighted by atomic mass is 35.5. The molecule has 0 bridgehead atoms. The Balaban J connectivity index is 1.55. The molecule has 0 saturated heterocycles. The molecule has 2 aromatic heterocycles. The van der Waals surface area contributed by atoms with Crippen molar-refractivity contribution in [3.63, 3.8) is 0 Å². The lowest BCUT2D eigenvalue weighted by atomic mass is 9.93. The van der Waals surface area contributed by atoms with Crippen LogP contribution in [-0.2, 0) is 13.5 Å². The van der Waals surface area contributed by atoms with Gasteiger partial charge in [-0.15, -0.1) is 0 Å². The number of aliphatic hydroxyl groups excluding tert-OH is 1. The Labute approximate surface area is 172 Å². The molecule has 1 saturated carbocycles. The van der Waals surface area contributed by atoms with Gasteiger partial charge in [0.15, 0.2) is 5.65 Å². The maximum Gasteiger partial charge on any atom is 0.330 e. The zero-order valence-corrected chi connectivity index (χ0v) is 16.8. The number of hydrogen-bond donors (Lipinski definition) is 2. The first-order chi connectivity index (χ1) is 14.0. The number of halogens is 1. The minimum Gasteiger partial charge on any atom is -0.493 e. The molecule has 0 spiro atoms. The first kappa shape index (κ1) is 18.4. The maximum atomic E-state index is 12.9. The smallest absolute Gasteiger partial charge is 0.330 e. The molecule has 1 aliphatic carbocycles. The Bertz CT molecular complexity index is 1160. The zero-order chi connectivity index (χ0) is 20.1. The SMILES string of the molecule is Cn1c(=O)n(C2CCCC(O)C2)c2nc(Nc3cc4c(cc3Cl)OCC4)ncc21. The Hall–Kier alpha value is -2.58. The van der Waals surface area contributed by atoms with Gasteiger partial charge in [-0.1, -0.05) is 11.6 Å². The molecule has 2 atom stereocenters. The molecule has 1 fully saturated rings. The number of aromatic nitrogens is 4. The molecule has 3 aromatic rings. The van der Waals surface area contributed by atoms with E-state index in [0.29, 0.717) is 40.8 Å². The van der Waals surface area contributed by atoms with Crippen molar-refractivity contribution in [2.45, 2.75) is 44.2 Å². The van der Waals surface area contributed by atoms with Crippen LogP contribution in [-0.4, -0.2) is 36.9 Å². The van der Waals surface area contributed by atoms with Gasteiger partial charge in [-0.25, -0.2) is 9.78 Å². The molecular weight excluding hydrogens is 394 g/mol. The molecule has 2 unspecified atom stereocenters. The number of nitrogens with zero attached hydrogens (tertiary/aromatic N) is 4. The summed E-state index contributed by atoms with van der Waals surface area (Å²) in [5.41, 5.74) is 2.88. The number of ether oxygens (including phenoxy) is 1. The number of nitrogens with one attached hydrogen (secondary N) is 1. The van der Waals surface area contributed by atoms with Gasteiger partial charge in [0.2, 0.25) is 5.95 Å². The van der Waals surface area contributed by atoms with Crippen molar-refractivity contribution in [3.05, 3.63) is 39.4 Å². The van der Waals surface area contributed by atoms with Gasteiger partial charge in [-0.05, 0) is 37.3 Å². The summed E-state index contributed by atoms with van der Waals surface area (Å²) in [6, 6.07) is 3.68. The highest BCUT2D eigenvalue weighted by Gasteiger charge is 2.26. The summed E-state index contributed by atoms with van der Waals surface area (Å²) in [7, 11) is 1.72. The summed E-state index contributed by atoms with van der Waals surface area (Å²) < 4.78 is 8.80. The summed E-state index contributed by atoms with van der Waals surface area (Å²) in [4.78, 5) is 21.9. The van der Waals surface area contributed by atoms with Crippen LogP contribution in [0.2, 0.25) is 5.02 Å². The molecule has 152 valence electrons. The number of hydrogen-bond acceptors (Lipinski definition) is 6. The minimum atomic E-state index is -0.386. The van der Waals surface area contributed by atoms with Crippen molar-refractivity contribution in [1.29, 1.82) is 0 Å². The standard InChI is InChI=1S/C20H22ClN5O3/c1-25-16-10-22-19(23-15-7-11-5-6-29-17(11)9-14(15)21)24-18(16)26(20(25)28)12-3-2-4-13(27)8-12/h7,9-10,12-13,27H,2-6,8H2,1H3,(H,22,23,24). The number of anilines is 2. The second-order valence-corrected chi connectivity index (χ2v) is 8.16. The third kappa shape index (κ3) is 3.16. The van der Waals surface area contributed by atoms with Crippen LogP contribution in [0.4, 0.5) is 11.6 Å². The van der Waals surface area contributed by atoms with Crippen LogP contribution in [0.1, 0.15) is 37.3 Å². The van der Waals surface area contributed by atoms with E-state index in [1.54, 1.807) is 28.4 Å². The average molecular weight is 416 g/mol. The Morgan fingerprint density at radius 1 is 1.34 bits per heavy atom. The fourth-order valence-corrected chi connectivity index (χ4v) is 4.52. The van der Waals surface area contributed by atoms with Crippen molar-refractivity contribution < 1.29 is 9.84 Å². The van der Waals surface area contributed by atoms with Crippen LogP contribution >= 0.6 is 11.6 Å². The highest BCUT2D eigenvalue weighted by Crippen LogP contribution is 2.35. The van der Waals surface area contributed by atoms with Crippen LogP contribution in [0.3, 0.4) is 0 Å². The number of imidazole rings is 1. The summed E-state index contributed by atoms with van der Waals surface area (Å²) in [5, 5.41) is 13.8. The number of aliphatic hydroxyl groups is 1. The van der Waals surface area contributed by atoms with E-state index >= 15 is 0 Å². The Kier molecular flexibility index (Phi) is 4.48. The van der Waals surface area contributed by atoms with Crippen molar-refractivity contribution in [2.24, 2.45) is 7.05 Å². The molecule has 3 heterocycles. The maximum absolute atomic E-state index is 12.9. The predicted molar refractivity (Wildman–Crippen MR) is 110 cm³/mol. The first-order valence-electron chi connectivity index (χ1n) is 9.85. The van der Waals surface area contributed by atoms with E-state index in [4.69, 9.17) is 16.3 Å². The molecule has 29 heavy (non-hydrogen) atoms. The highest BCUT2D eigenvalue weighted by molar-refractivity contribution is 6.33. The number of benzene rings is 1. The first-order valence-corrected chi connectivity index (χ1v) is 10.2. The van der Waals surface area contributed by atoms with Gasteiger partial charge in [0.1, 0.15) is 11.3 Å². The molecule has 9 heteroatoms. The molecule has 1 aliphatic heterocycles. The van der Waals surface area contributed by atoms with Crippen LogP contribution < -0.4 is 15.7 Å². The molecule has 0 amide bonds. The number of aryl methyl sites for hydroxylation is 1. The fraction of sp³-hybridized carbons (Fsp3) is 0.450. The quantitative estimate of drug-likeness (QED) is 0.683. The topological polar surface area (TPSA) is 94.2 Å². The van der Waals surface area contributed by atoms with E-state index in [2.05, 4.69) is 15.3 Å². The molecular formula is C20H22ClN5O3. The second kappa shape index (κ2) is 7.03. The summed E-state index contributed by atoms with van der Waals surface area (Å²) in [5.74, 6) is 1.18. The Morgan fingerprint density at radius 3 is 3.03 bits per heavy atom.